The zero-order valence-corrected chi connectivity index (χ0v) is 10.2. The van der Waals surface area contributed by atoms with Crippen LogP contribution >= 0.6 is 0 Å². The first kappa shape index (κ1) is 12.6. The first-order chi connectivity index (χ1) is 8.14. The fraction of sp³-hybridized carbons (Fsp3) is 0.769. The maximum absolute atomic E-state index is 12.2. The highest BCUT2D eigenvalue weighted by Crippen LogP contribution is 2.43. The van der Waals surface area contributed by atoms with Crippen LogP contribution in [0.15, 0.2) is 12.2 Å². The van der Waals surface area contributed by atoms with Crippen molar-refractivity contribution in [1.82, 2.24) is 5.32 Å². The van der Waals surface area contributed by atoms with Crippen LogP contribution in [0.1, 0.15) is 26.2 Å². The van der Waals surface area contributed by atoms with Crippen LogP contribution < -0.4 is 5.32 Å². The summed E-state index contributed by atoms with van der Waals surface area (Å²) in [6.07, 6.45) is 6.84. The lowest BCUT2D eigenvalue weighted by Crippen LogP contribution is -2.55. The van der Waals surface area contributed by atoms with E-state index in [-0.39, 0.29) is 25.0 Å². The van der Waals surface area contributed by atoms with Gasteiger partial charge in [0.05, 0.1) is 18.8 Å². The van der Waals surface area contributed by atoms with Crippen LogP contribution in [-0.4, -0.2) is 34.9 Å². The molecule has 2 aliphatic rings. The monoisotopic (exact) mass is 239 g/mol. The van der Waals surface area contributed by atoms with Crippen LogP contribution in [-0.2, 0) is 4.79 Å². The van der Waals surface area contributed by atoms with Crippen molar-refractivity contribution >= 4 is 5.91 Å². The normalized spacial score (nSPS) is 30.9. The minimum atomic E-state index is -0.859. The Balaban J connectivity index is 1.99. The van der Waals surface area contributed by atoms with Crippen LogP contribution in [0.5, 0.6) is 0 Å². The Bertz CT molecular complexity index is 314. The molecule has 4 nitrogen and oxygen atoms in total. The lowest BCUT2D eigenvalue weighted by Gasteiger charge is -2.32. The average Bonchev–Trinajstić information content (AvgIpc) is 2.98. The van der Waals surface area contributed by atoms with Crippen molar-refractivity contribution in [3.05, 3.63) is 12.2 Å². The third-order valence-corrected chi connectivity index (χ3v) is 4.29. The second kappa shape index (κ2) is 4.78. The van der Waals surface area contributed by atoms with E-state index in [4.69, 9.17) is 0 Å². The van der Waals surface area contributed by atoms with E-state index in [2.05, 4.69) is 17.5 Å². The Labute approximate surface area is 102 Å². The number of carbonyl (C=O) groups is 1. The molecule has 0 heterocycles. The third-order valence-electron chi connectivity index (χ3n) is 4.29. The van der Waals surface area contributed by atoms with Gasteiger partial charge < -0.3 is 15.5 Å². The number of carbonyl (C=O) groups excluding carboxylic acids is 1. The first-order valence-corrected chi connectivity index (χ1v) is 6.36. The summed E-state index contributed by atoms with van der Waals surface area (Å²) in [6.45, 7) is 1.41. The predicted octanol–water partition coefficient (Wildman–Crippen LogP) is 0.448. The van der Waals surface area contributed by atoms with Crippen LogP contribution in [0, 0.1) is 17.8 Å². The SMILES string of the molecule is CCC(CO)(CO)NC(=O)C1CC2C=CC1C2. The topological polar surface area (TPSA) is 69.6 Å². The standard InChI is InChI=1S/C13H21NO3/c1-2-13(7-15,8-16)14-12(17)11-6-9-3-4-10(11)5-9/h3-4,9-11,15-16H,2,5-8H2,1H3,(H,14,17). The van der Waals surface area contributed by atoms with Crippen molar-refractivity contribution in [2.45, 2.75) is 31.7 Å². The summed E-state index contributed by atoms with van der Waals surface area (Å²) in [5.74, 6) is 0.905. The van der Waals surface area contributed by atoms with Gasteiger partial charge in [-0.1, -0.05) is 19.1 Å². The molecule has 2 bridgehead atoms. The van der Waals surface area contributed by atoms with Gasteiger partial charge in [-0.25, -0.2) is 0 Å². The molecule has 17 heavy (non-hydrogen) atoms. The zero-order chi connectivity index (χ0) is 12.5. The van der Waals surface area contributed by atoms with Gasteiger partial charge in [-0.3, -0.25) is 4.79 Å². The Kier molecular flexibility index (Phi) is 3.54. The summed E-state index contributed by atoms with van der Waals surface area (Å²) in [5, 5.41) is 21.5. The van der Waals surface area contributed by atoms with Crippen molar-refractivity contribution in [3.63, 3.8) is 0 Å². The van der Waals surface area contributed by atoms with E-state index in [9.17, 15) is 15.0 Å². The van der Waals surface area contributed by atoms with Gasteiger partial charge in [0.15, 0.2) is 0 Å². The van der Waals surface area contributed by atoms with E-state index >= 15 is 0 Å². The Morgan fingerprint density at radius 1 is 1.35 bits per heavy atom. The lowest BCUT2D eigenvalue weighted by atomic mass is 9.90. The summed E-state index contributed by atoms with van der Waals surface area (Å²) in [7, 11) is 0. The number of aliphatic hydroxyl groups excluding tert-OH is 2. The fourth-order valence-electron chi connectivity index (χ4n) is 2.88. The minimum absolute atomic E-state index is 0.0215. The van der Waals surface area contributed by atoms with Gasteiger partial charge in [-0.15, -0.1) is 0 Å². The van der Waals surface area contributed by atoms with E-state index in [0.29, 0.717) is 18.3 Å². The summed E-state index contributed by atoms with van der Waals surface area (Å²) in [6, 6.07) is 0. The molecule has 1 saturated carbocycles. The quantitative estimate of drug-likeness (QED) is 0.610. The summed E-state index contributed by atoms with van der Waals surface area (Å²) in [4.78, 5) is 12.2. The summed E-state index contributed by atoms with van der Waals surface area (Å²) in [5.41, 5.74) is -0.859. The largest absolute Gasteiger partial charge is 0.394 e. The molecule has 2 aliphatic carbocycles. The van der Waals surface area contributed by atoms with E-state index in [1.165, 1.54) is 0 Å². The van der Waals surface area contributed by atoms with Crippen LogP contribution in [0.4, 0.5) is 0 Å². The Hall–Kier alpha value is -0.870. The van der Waals surface area contributed by atoms with Crippen molar-refractivity contribution in [1.29, 1.82) is 0 Å². The predicted molar refractivity (Wildman–Crippen MR) is 64.2 cm³/mol. The first-order valence-electron chi connectivity index (χ1n) is 6.36. The summed E-state index contributed by atoms with van der Waals surface area (Å²) < 4.78 is 0. The molecule has 4 heteroatoms. The number of hydrogen-bond acceptors (Lipinski definition) is 3. The fourth-order valence-corrected chi connectivity index (χ4v) is 2.88. The molecule has 0 spiro atoms. The molecule has 3 N–H and O–H groups in total. The van der Waals surface area contributed by atoms with Gasteiger partial charge in [0.1, 0.15) is 0 Å². The highest BCUT2D eigenvalue weighted by Gasteiger charge is 2.41. The molecule has 3 unspecified atom stereocenters. The van der Waals surface area contributed by atoms with E-state index < -0.39 is 5.54 Å². The Morgan fingerprint density at radius 3 is 2.47 bits per heavy atom. The second-order valence-electron chi connectivity index (χ2n) is 5.33. The van der Waals surface area contributed by atoms with Gasteiger partial charge in [-0.05, 0) is 31.1 Å². The summed E-state index contributed by atoms with van der Waals surface area (Å²) >= 11 is 0. The number of fused-ring (bicyclic) bond motifs is 2. The molecule has 0 radical (unpaired) electrons. The molecule has 0 aromatic rings. The average molecular weight is 239 g/mol. The molecular weight excluding hydrogens is 218 g/mol. The van der Waals surface area contributed by atoms with Crippen LogP contribution in [0.2, 0.25) is 0 Å². The van der Waals surface area contributed by atoms with Crippen LogP contribution in [0.3, 0.4) is 0 Å². The van der Waals surface area contributed by atoms with Gasteiger partial charge in [0, 0.05) is 5.92 Å². The van der Waals surface area contributed by atoms with Gasteiger partial charge in [0.25, 0.3) is 0 Å². The van der Waals surface area contributed by atoms with E-state index in [1.54, 1.807) is 0 Å². The molecule has 1 amide bonds. The second-order valence-corrected chi connectivity index (χ2v) is 5.33. The van der Waals surface area contributed by atoms with Crippen molar-refractivity contribution < 1.29 is 15.0 Å². The highest BCUT2D eigenvalue weighted by molar-refractivity contribution is 5.80. The number of allylic oxidation sites excluding steroid dienone is 2. The number of aliphatic hydroxyl groups is 2. The molecule has 3 atom stereocenters. The number of amides is 1. The third kappa shape index (κ3) is 2.24. The minimum Gasteiger partial charge on any atom is -0.394 e. The Morgan fingerprint density at radius 2 is 2.06 bits per heavy atom. The highest BCUT2D eigenvalue weighted by atomic mass is 16.3. The van der Waals surface area contributed by atoms with Gasteiger partial charge >= 0.3 is 0 Å². The maximum Gasteiger partial charge on any atom is 0.224 e. The van der Waals surface area contributed by atoms with Crippen molar-refractivity contribution in [3.8, 4) is 0 Å². The van der Waals surface area contributed by atoms with Crippen molar-refractivity contribution in [2.24, 2.45) is 17.8 Å². The molecular formula is C13H21NO3. The molecule has 0 aromatic carbocycles. The van der Waals surface area contributed by atoms with E-state index in [1.807, 2.05) is 6.92 Å². The smallest absolute Gasteiger partial charge is 0.224 e. The molecule has 0 aliphatic heterocycles. The molecule has 2 rings (SSSR count). The molecule has 0 aromatic heterocycles. The molecule has 1 fully saturated rings. The van der Waals surface area contributed by atoms with Gasteiger partial charge in [-0.2, -0.15) is 0 Å². The van der Waals surface area contributed by atoms with Crippen LogP contribution in [0.25, 0.3) is 0 Å². The zero-order valence-electron chi connectivity index (χ0n) is 10.2. The number of hydrogen-bond donors (Lipinski definition) is 3. The molecule has 0 saturated heterocycles. The maximum atomic E-state index is 12.2. The number of nitrogens with one attached hydrogen (secondary N) is 1. The number of rotatable bonds is 5. The van der Waals surface area contributed by atoms with Gasteiger partial charge in [0.2, 0.25) is 5.91 Å². The molecule has 96 valence electrons. The van der Waals surface area contributed by atoms with Crippen molar-refractivity contribution in [2.75, 3.05) is 13.2 Å². The van der Waals surface area contributed by atoms with E-state index in [0.717, 1.165) is 12.8 Å². The lowest BCUT2D eigenvalue weighted by molar-refractivity contribution is -0.129.